The number of nitrogens with zero attached hydrogens (tertiary/aromatic N) is 2. The highest BCUT2D eigenvalue weighted by Crippen LogP contribution is 2.17. The second kappa shape index (κ2) is 9.90. The molecule has 104 valence electrons. The molecule has 0 saturated heterocycles. The zero-order valence-electron chi connectivity index (χ0n) is 12.0. The van der Waals surface area contributed by atoms with Crippen LogP contribution in [-0.4, -0.2) is 30.9 Å². The van der Waals surface area contributed by atoms with Crippen LogP contribution >= 0.6 is 0 Å². The van der Waals surface area contributed by atoms with Gasteiger partial charge in [0, 0.05) is 20.0 Å². The van der Waals surface area contributed by atoms with Crippen LogP contribution in [0.25, 0.3) is 0 Å². The number of carbonyl (C=O) groups excluding carboxylic acids is 1. The van der Waals surface area contributed by atoms with Crippen LogP contribution in [0, 0.1) is 23.2 Å². The highest BCUT2D eigenvalue weighted by atomic mass is 16.2. The fourth-order valence-corrected chi connectivity index (χ4v) is 2.15. The van der Waals surface area contributed by atoms with Crippen molar-refractivity contribution in [1.29, 1.82) is 5.26 Å². The van der Waals surface area contributed by atoms with Crippen molar-refractivity contribution in [1.82, 2.24) is 4.90 Å². The molecule has 0 rings (SSSR count). The molecule has 4 nitrogen and oxygen atoms in total. The molecule has 1 amide bonds. The van der Waals surface area contributed by atoms with Crippen molar-refractivity contribution in [2.45, 2.75) is 46.0 Å². The van der Waals surface area contributed by atoms with Gasteiger partial charge in [0.25, 0.3) is 0 Å². The van der Waals surface area contributed by atoms with E-state index in [0.717, 1.165) is 25.7 Å². The second-order valence-electron chi connectivity index (χ2n) is 5.08. The van der Waals surface area contributed by atoms with E-state index in [-0.39, 0.29) is 11.8 Å². The third-order valence-electron chi connectivity index (χ3n) is 3.23. The second-order valence-corrected chi connectivity index (χ2v) is 5.08. The Hall–Kier alpha value is -1.08. The van der Waals surface area contributed by atoms with Crippen molar-refractivity contribution >= 4 is 5.91 Å². The van der Waals surface area contributed by atoms with E-state index in [0.29, 0.717) is 25.4 Å². The van der Waals surface area contributed by atoms with Gasteiger partial charge in [-0.3, -0.25) is 4.79 Å². The molecule has 0 aliphatic rings. The highest BCUT2D eigenvalue weighted by Gasteiger charge is 2.14. The molecule has 0 radical (unpaired) electrons. The number of hydrogen-bond donors (Lipinski definition) is 1. The fraction of sp³-hybridized carbons (Fsp3) is 0.857. The van der Waals surface area contributed by atoms with Gasteiger partial charge >= 0.3 is 0 Å². The summed E-state index contributed by atoms with van der Waals surface area (Å²) in [7, 11) is 1.77. The first-order valence-corrected chi connectivity index (χ1v) is 6.88. The molecule has 0 aromatic heterocycles. The normalized spacial score (nSPS) is 13.7. The van der Waals surface area contributed by atoms with E-state index in [2.05, 4.69) is 13.0 Å². The first kappa shape index (κ1) is 16.9. The van der Waals surface area contributed by atoms with Crippen molar-refractivity contribution in [2.75, 3.05) is 20.1 Å². The Balaban J connectivity index is 4.02. The maximum absolute atomic E-state index is 11.9. The molecule has 0 bridgehead atoms. The first-order valence-electron chi connectivity index (χ1n) is 6.88. The van der Waals surface area contributed by atoms with Crippen LogP contribution < -0.4 is 5.73 Å². The van der Waals surface area contributed by atoms with Crippen LogP contribution in [0.1, 0.15) is 46.0 Å². The predicted octanol–water partition coefficient (Wildman–Crippen LogP) is 2.15. The Kier molecular flexibility index (Phi) is 9.31. The highest BCUT2D eigenvalue weighted by molar-refractivity contribution is 5.75. The summed E-state index contributed by atoms with van der Waals surface area (Å²) in [5.41, 5.74) is 5.58. The van der Waals surface area contributed by atoms with Crippen molar-refractivity contribution in [2.24, 2.45) is 17.6 Å². The number of rotatable bonds is 9. The Morgan fingerprint density at radius 2 is 2.06 bits per heavy atom. The molecule has 0 heterocycles. The molecule has 0 aliphatic heterocycles. The SMILES string of the molecule is CCCC(CCN)CCC(=O)N(C)CC(C)C#N. The third kappa shape index (κ3) is 7.29. The van der Waals surface area contributed by atoms with Gasteiger partial charge in [-0.2, -0.15) is 5.26 Å². The molecule has 0 fully saturated rings. The van der Waals surface area contributed by atoms with Gasteiger partial charge in [0.15, 0.2) is 0 Å². The number of hydrogen-bond acceptors (Lipinski definition) is 3. The summed E-state index contributed by atoms with van der Waals surface area (Å²) >= 11 is 0. The molecule has 0 spiro atoms. The number of nitriles is 1. The van der Waals surface area contributed by atoms with Gasteiger partial charge in [0.05, 0.1) is 12.0 Å². The van der Waals surface area contributed by atoms with Crippen molar-refractivity contribution < 1.29 is 4.79 Å². The number of carbonyl (C=O) groups is 1. The van der Waals surface area contributed by atoms with Crippen molar-refractivity contribution in [3.63, 3.8) is 0 Å². The Bertz CT molecular complexity index is 267. The van der Waals surface area contributed by atoms with E-state index in [1.807, 2.05) is 6.92 Å². The molecule has 0 aliphatic carbocycles. The van der Waals surface area contributed by atoms with E-state index >= 15 is 0 Å². The summed E-state index contributed by atoms with van der Waals surface area (Å²) < 4.78 is 0. The predicted molar refractivity (Wildman–Crippen MR) is 73.7 cm³/mol. The van der Waals surface area contributed by atoms with Gasteiger partial charge in [-0.15, -0.1) is 0 Å². The van der Waals surface area contributed by atoms with E-state index in [1.165, 1.54) is 0 Å². The Morgan fingerprint density at radius 1 is 1.39 bits per heavy atom. The summed E-state index contributed by atoms with van der Waals surface area (Å²) in [6, 6.07) is 2.15. The fourth-order valence-electron chi connectivity index (χ4n) is 2.15. The molecule has 18 heavy (non-hydrogen) atoms. The monoisotopic (exact) mass is 253 g/mol. The summed E-state index contributed by atoms with van der Waals surface area (Å²) in [4.78, 5) is 13.6. The largest absolute Gasteiger partial charge is 0.344 e. The van der Waals surface area contributed by atoms with E-state index < -0.39 is 0 Å². The van der Waals surface area contributed by atoms with Crippen molar-refractivity contribution in [3.8, 4) is 6.07 Å². The van der Waals surface area contributed by atoms with Gasteiger partial charge in [-0.25, -0.2) is 0 Å². The molecule has 2 unspecified atom stereocenters. The Morgan fingerprint density at radius 3 is 2.56 bits per heavy atom. The molecular weight excluding hydrogens is 226 g/mol. The molecule has 2 atom stereocenters. The molecule has 0 aromatic rings. The molecule has 0 aromatic carbocycles. The number of nitrogens with two attached hydrogens (primary N) is 1. The van der Waals surface area contributed by atoms with Gasteiger partial charge in [0.1, 0.15) is 0 Å². The average Bonchev–Trinajstić information content (AvgIpc) is 2.35. The quantitative estimate of drug-likeness (QED) is 0.684. The smallest absolute Gasteiger partial charge is 0.222 e. The van der Waals surface area contributed by atoms with E-state index in [9.17, 15) is 4.79 Å². The van der Waals surface area contributed by atoms with Crippen LogP contribution in [0.3, 0.4) is 0 Å². The van der Waals surface area contributed by atoms with Gasteiger partial charge in [0.2, 0.25) is 5.91 Å². The van der Waals surface area contributed by atoms with Gasteiger partial charge < -0.3 is 10.6 Å². The van der Waals surface area contributed by atoms with E-state index in [4.69, 9.17) is 11.0 Å². The minimum atomic E-state index is -0.102. The summed E-state index contributed by atoms with van der Waals surface area (Å²) in [5, 5.41) is 8.72. The summed E-state index contributed by atoms with van der Waals surface area (Å²) in [6.45, 7) is 5.20. The molecule has 0 saturated carbocycles. The maximum atomic E-state index is 11.9. The lowest BCUT2D eigenvalue weighted by atomic mass is 9.94. The zero-order chi connectivity index (χ0) is 14.0. The summed E-state index contributed by atoms with van der Waals surface area (Å²) in [6.07, 6.45) is 4.76. The molecular formula is C14H27N3O. The Labute approximate surface area is 111 Å². The minimum Gasteiger partial charge on any atom is -0.344 e. The first-order chi connectivity index (χ1) is 8.54. The minimum absolute atomic E-state index is 0.102. The van der Waals surface area contributed by atoms with Crippen LogP contribution in [0.15, 0.2) is 0 Å². The summed E-state index contributed by atoms with van der Waals surface area (Å²) in [5.74, 6) is 0.593. The molecule has 2 N–H and O–H groups in total. The van der Waals surface area contributed by atoms with Crippen LogP contribution in [0.5, 0.6) is 0 Å². The molecule has 4 heteroatoms. The topological polar surface area (TPSA) is 70.1 Å². The third-order valence-corrected chi connectivity index (χ3v) is 3.23. The lowest BCUT2D eigenvalue weighted by Gasteiger charge is -2.20. The van der Waals surface area contributed by atoms with Crippen molar-refractivity contribution in [3.05, 3.63) is 0 Å². The zero-order valence-corrected chi connectivity index (χ0v) is 12.0. The standard InChI is InChI=1S/C14H27N3O/c1-4-5-13(8-9-15)6-7-14(18)17(3)11-12(2)10-16/h12-13H,4-9,11,15H2,1-3H3. The average molecular weight is 253 g/mol. The van der Waals surface area contributed by atoms with Crippen LogP contribution in [-0.2, 0) is 4.79 Å². The lowest BCUT2D eigenvalue weighted by molar-refractivity contribution is -0.130. The van der Waals surface area contributed by atoms with Crippen LogP contribution in [0.4, 0.5) is 0 Å². The van der Waals surface area contributed by atoms with Gasteiger partial charge in [-0.1, -0.05) is 19.8 Å². The maximum Gasteiger partial charge on any atom is 0.222 e. The number of amides is 1. The lowest BCUT2D eigenvalue weighted by Crippen LogP contribution is -2.30. The van der Waals surface area contributed by atoms with E-state index in [1.54, 1.807) is 11.9 Å². The van der Waals surface area contributed by atoms with Crippen LogP contribution in [0.2, 0.25) is 0 Å². The van der Waals surface area contributed by atoms with Gasteiger partial charge in [-0.05, 0) is 32.2 Å².